The molecule has 2 rings (SSSR count). The number of hydrogen-bond acceptors (Lipinski definition) is 2. The Bertz CT molecular complexity index is 402. The minimum Gasteiger partial charge on any atom is -0.494 e. The Morgan fingerprint density at radius 1 is 1.05 bits per heavy atom. The molecule has 0 saturated heterocycles. The van der Waals surface area contributed by atoms with Gasteiger partial charge in [0.25, 0.3) is 0 Å². The van der Waals surface area contributed by atoms with Crippen molar-refractivity contribution in [1.82, 2.24) is 5.32 Å². The highest BCUT2D eigenvalue weighted by molar-refractivity contribution is 5.33. The molecule has 21 heavy (non-hydrogen) atoms. The molecule has 0 radical (unpaired) electrons. The van der Waals surface area contributed by atoms with Gasteiger partial charge in [-0.15, -0.1) is 0 Å². The Labute approximate surface area is 130 Å². The molecule has 118 valence electrons. The van der Waals surface area contributed by atoms with Crippen LogP contribution >= 0.6 is 0 Å². The first-order valence-electron chi connectivity index (χ1n) is 8.63. The van der Waals surface area contributed by atoms with Gasteiger partial charge in [0.2, 0.25) is 0 Å². The van der Waals surface area contributed by atoms with E-state index in [0.29, 0.717) is 11.5 Å². The maximum Gasteiger partial charge on any atom is 0.119 e. The highest BCUT2D eigenvalue weighted by Gasteiger charge is 2.32. The summed E-state index contributed by atoms with van der Waals surface area (Å²) in [5.41, 5.74) is 1.80. The predicted molar refractivity (Wildman–Crippen MR) is 90.1 cm³/mol. The molecule has 0 aromatic heterocycles. The minimum atomic E-state index is 0.311. The summed E-state index contributed by atoms with van der Waals surface area (Å²) >= 11 is 0. The first-order valence-corrected chi connectivity index (χ1v) is 8.63. The molecule has 2 heteroatoms. The van der Waals surface area contributed by atoms with E-state index < -0.39 is 0 Å². The Morgan fingerprint density at radius 3 is 2.19 bits per heavy atom. The van der Waals surface area contributed by atoms with Gasteiger partial charge in [0.15, 0.2) is 0 Å². The number of nitrogens with one attached hydrogen (secondary N) is 1. The lowest BCUT2D eigenvalue weighted by Crippen LogP contribution is -2.40. The highest BCUT2D eigenvalue weighted by atomic mass is 16.5. The van der Waals surface area contributed by atoms with Gasteiger partial charge in [0, 0.05) is 18.0 Å². The van der Waals surface area contributed by atoms with Crippen LogP contribution in [0.25, 0.3) is 0 Å². The van der Waals surface area contributed by atoms with Gasteiger partial charge in [-0.2, -0.15) is 0 Å². The smallest absolute Gasteiger partial charge is 0.119 e. The van der Waals surface area contributed by atoms with Crippen LogP contribution in [0.2, 0.25) is 0 Å². The van der Waals surface area contributed by atoms with E-state index in [1.54, 1.807) is 0 Å². The molecule has 0 bridgehead atoms. The lowest BCUT2D eigenvalue weighted by Gasteiger charge is -2.35. The van der Waals surface area contributed by atoms with Gasteiger partial charge in [-0.3, -0.25) is 0 Å². The summed E-state index contributed by atoms with van der Waals surface area (Å²) in [5, 5.41) is 3.69. The van der Waals surface area contributed by atoms with Crippen LogP contribution < -0.4 is 10.1 Å². The second-order valence-electron chi connectivity index (χ2n) is 6.69. The fraction of sp³-hybridized carbons (Fsp3) is 0.684. The van der Waals surface area contributed by atoms with E-state index in [0.717, 1.165) is 18.9 Å². The standard InChI is InChI=1S/C19H31NO/c1-4-21-18-11-9-17(10-12-18)19(15-20-16(2)3)13-7-5-6-8-14-19/h9-12,16,20H,4-8,13-15H2,1-3H3. The van der Waals surface area contributed by atoms with Crippen molar-refractivity contribution >= 4 is 0 Å². The van der Waals surface area contributed by atoms with Crippen LogP contribution in [-0.2, 0) is 5.41 Å². The Morgan fingerprint density at radius 2 is 1.67 bits per heavy atom. The van der Waals surface area contributed by atoms with Crippen LogP contribution in [0, 0.1) is 0 Å². The quantitative estimate of drug-likeness (QED) is 0.768. The second kappa shape index (κ2) is 7.84. The van der Waals surface area contributed by atoms with Crippen molar-refractivity contribution in [2.45, 2.75) is 70.8 Å². The van der Waals surface area contributed by atoms with Crippen LogP contribution in [0.3, 0.4) is 0 Å². The molecule has 0 heterocycles. The van der Waals surface area contributed by atoms with E-state index in [4.69, 9.17) is 4.74 Å². The fourth-order valence-corrected chi connectivity index (χ4v) is 3.44. The zero-order valence-corrected chi connectivity index (χ0v) is 14.0. The lowest BCUT2D eigenvalue weighted by atomic mass is 9.74. The predicted octanol–water partition coefficient (Wildman–Crippen LogP) is 4.68. The number of hydrogen-bond donors (Lipinski definition) is 1. The third-order valence-corrected chi connectivity index (χ3v) is 4.69. The van der Waals surface area contributed by atoms with Crippen molar-refractivity contribution in [3.8, 4) is 5.75 Å². The molecule has 0 atom stereocenters. The maximum absolute atomic E-state index is 5.59. The van der Waals surface area contributed by atoms with Crippen molar-refractivity contribution in [2.24, 2.45) is 0 Å². The summed E-state index contributed by atoms with van der Waals surface area (Å²) in [5.74, 6) is 0.988. The zero-order valence-electron chi connectivity index (χ0n) is 14.0. The molecule has 1 aromatic carbocycles. The third kappa shape index (κ3) is 4.47. The van der Waals surface area contributed by atoms with E-state index in [2.05, 4.69) is 43.4 Å². The maximum atomic E-state index is 5.59. The van der Waals surface area contributed by atoms with Gasteiger partial charge in [0.05, 0.1) is 6.61 Å². The summed E-state index contributed by atoms with van der Waals surface area (Å²) in [6.07, 6.45) is 8.10. The second-order valence-corrected chi connectivity index (χ2v) is 6.69. The molecular weight excluding hydrogens is 258 g/mol. The summed E-state index contributed by atoms with van der Waals surface area (Å²) < 4.78 is 5.59. The van der Waals surface area contributed by atoms with Gasteiger partial charge in [0.1, 0.15) is 5.75 Å². The van der Waals surface area contributed by atoms with Crippen LogP contribution in [0.5, 0.6) is 5.75 Å². The largest absolute Gasteiger partial charge is 0.494 e. The van der Waals surface area contributed by atoms with Crippen LogP contribution in [-0.4, -0.2) is 19.2 Å². The summed E-state index contributed by atoms with van der Waals surface area (Å²) in [4.78, 5) is 0. The zero-order chi connectivity index (χ0) is 15.1. The number of rotatable bonds is 6. The van der Waals surface area contributed by atoms with E-state index in [1.165, 1.54) is 44.1 Å². The van der Waals surface area contributed by atoms with Crippen molar-refractivity contribution < 1.29 is 4.74 Å². The molecular formula is C19H31NO. The molecule has 0 unspecified atom stereocenters. The fourth-order valence-electron chi connectivity index (χ4n) is 3.44. The van der Waals surface area contributed by atoms with Crippen molar-refractivity contribution in [3.63, 3.8) is 0 Å². The highest BCUT2D eigenvalue weighted by Crippen LogP contribution is 2.38. The molecule has 1 aliphatic rings. The van der Waals surface area contributed by atoms with E-state index in [1.807, 2.05) is 6.92 Å². The summed E-state index contributed by atoms with van der Waals surface area (Å²) in [6.45, 7) is 8.34. The topological polar surface area (TPSA) is 21.3 Å². The van der Waals surface area contributed by atoms with Crippen LogP contribution in [0.15, 0.2) is 24.3 Å². The van der Waals surface area contributed by atoms with Gasteiger partial charge in [-0.05, 0) is 37.5 Å². The Balaban J connectivity index is 2.20. The number of benzene rings is 1. The average Bonchev–Trinajstić information content (AvgIpc) is 2.73. The lowest BCUT2D eigenvalue weighted by molar-refractivity contribution is 0.330. The third-order valence-electron chi connectivity index (χ3n) is 4.69. The Hall–Kier alpha value is -1.02. The summed E-state index contributed by atoms with van der Waals surface area (Å²) in [6, 6.07) is 9.41. The van der Waals surface area contributed by atoms with E-state index in [-0.39, 0.29) is 0 Å². The molecule has 1 fully saturated rings. The Kier molecular flexibility index (Phi) is 6.10. The SMILES string of the molecule is CCOc1ccc(C2(CNC(C)C)CCCCCC2)cc1. The van der Waals surface area contributed by atoms with E-state index in [9.17, 15) is 0 Å². The van der Waals surface area contributed by atoms with Crippen molar-refractivity contribution in [1.29, 1.82) is 0 Å². The van der Waals surface area contributed by atoms with Crippen LogP contribution in [0.1, 0.15) is 64.9 Å². The molecule has 1 aliphatic carbocycles. The van der Waals surface area contributed by atoms with Crippen molar-refractivity contribution in [2.75, 3.05) is 13.2 Å². The molecule has 1 saturated carbocycles. The molecule has 2 nitrogen and oxygen atoms in total. The van der Waals surface area contributed by atoms with Gasteiger partial charge < -0.3 is 10.1 Å². The van der Waals surface area contributed by atoms with Gasteiger partial charge >= 0.3 is 0 Å². The van der Waals surface area contributed by atoms with E-state index >= 15 is 0 Å². The van der Waals surface area contributed by atoms with Crippen molar-refractivity contribution in [3.05, 3.63) is 29.8 Å². The molecule has 1 N–H and O–H groups in total. The van der Waals surface area contributed by atoms with Gasteiger partial charge in [-0.25, -0.2) is 0 Å². The average molecular weight is 289 g/mol. The molecule has 0 aliphatic heterocycles. The number of ether oxygens (including phenoxy) is 1. The normalized spacial score (nSPS) is 18.5. The van der Waals surface area contributed by atoms with Gasteiger partial charge in [-0.1, -0.05) is 51.7 Å². The van der Waals surface area contributed by atoms with Crippen LogP contribution in [0.4, 0.5) is 0 Å². The molecule has 0 amide bonds. The molecule has 1 aromatic rings. The minimum absolute atomic E-state index is 0.311. The molecule has 0 spiro atoms. The summed E-state index contributed by atoms with van der Waals surface area (Å²) in [7, 11) is 0. The monoisotopic (exact) mass is 289 g/mol. The first-order chi connectivity index (χ1) is 10.2. The first kappa shape index (κ1) is 16.4.